The number of aryl methyl sites for hydroxylation is 2. The molecule has 0 spiro atoms. The van der Waals surface area contributed by atoms with Crippen molar-refractivity contribution in [2.45, 2.75) is 36.6 Å². The number of benzene rings is 4. The van der Waals surface area contributed by atoms with Gasteiger partial charge >= 0.3 is 5.91 Å². The Bertz CT molecular complexity index is 1890. The van der Waals surface area contributed by atoms with Crippen molar-refractivity contribution >= 4 is 45.7 Å². The number of aromatic nitrogens is 2. The van der Waals surface area contributed by atoms with Crippen LogP contribution in [0.2, 0.25) is 0 Å². The Morgan fingerprint density at radius 2 is 1.64 bits per heavy atom. The fraction of sp³-hybridized carbons (Fsp3) is 0.143. The summed E-state index contributed by atoms with van der Waals surface area (Å²) >= 11 is 2.57. The number of anilines is 1. The van der Waals surface area contributed by atoms with Crippen LogP contribution in [0.1, 0.15) is 39.4 Å². The summed E-state index contributed by atoms with van der Waals surface area (Å²) in [5.74, 6) is -1.08. The summed E-state index contributed by atoms with van der Waals surface area (Å²) in [7, 11) is 0. The molecule has 4 aromatic carbocycles. The smallest absolute Gasteiger partial charge is 0.301 e. The molecular formula is C35H28FN3O4S2. The van der Waals surface area contributed by atoms with Gasteiger partial charge in [-0.2, -0.15) is 0 Å². The topological polar surface area (TPSA) is 92.6 Å². The Morgan fingerprint density at radius 3 is 2.36 bits per heavy atom. The van der Waals surface area contributed by atoms with E-state index in [4.69, 9.17) is 4.74 Å². The Kier molecular flexibility index (Phi) is 8.77. The van der Waals surface area contributed by atoms with Gasteiger partial charge in [0.15, 0.2) is 4.34 Å². The Balaban J connectivity index is 1.29. The van der Waals surface area contributed by atoms with Crippen LogP contribution in [0.4, 0.5) is 9.52 Å². The summed E-state index contributed by atoms with van der Waals surface area (Å²) < 4.78 is 19.8. The highest BCUT2D eigenvalue weighted by Gasteiger charge is 2.48. The number of hydrogen-bond acceptors (Lipinski definition) is 8. The average molecular weight is 638 g/mol. The van der Waals surface area contributed by atoms with E-state index in [1.54, 1.807) is 36.4 Å². The number of Topliss-reactive ketones (excluding diaryl/α,β-unsaturated/α-hetero) is 1. The molecule has 10 heteroatoms. The van der Waals surface area contributed by atoms with Crippen LogP contribution in [-0.4, -0.2) is 27.0 Å². The summed E-state index contributed by atoms with van der Waals surface area (Å²) in [5.41, 5.74) is 5.10. The third-order valence-electron chi connectivity index (χ3n) is 7.50. The molecule has 1 aliphatic rings. The van der Waals surface area contributed by atoms with Crippen LogP contribution in [0.5, 0.6) is 5.75 Å². The number of carbonyl (C=O) groups excluding carboxylic acids is 2. The minimum absolute atomic E-state index is 0.0341. The van der Waals surface area contributed by atoms with Crippen LogP contribution in [0.3, 0.4) is 0 Å². The molecule has 0 saturated carbocycles. The highest BCUT2D eigenvalue weighted by molar-refractivity contribution is 8.00. The second-order valence-electron chi connectivity index (χ2n) is 10.6. The molecule has 1 unspecified atom stereocenters. The highest BCUT2D eigenvalue weighted by Crippen LogP contribution is 2.44. The number of carbonyl (C=O) groups is 2. The summed E-state index contributed by atoms with van der Waals surface area (Å²) in [6, 6.07) is 27.5. The van der Waals surface area contributed by atoms with Gasteiger partial charge in [0.25, 0.3) is 5.78 Å². The first-order chi connectivity index (χ1) is 21.8. The maximum atomic E-state index is 13.5. The zero-order valence-corrected chi connectivity index (χ0v) is 26.1. The van der Waals surface area contributed by atoms with E-state index in [1.165, 1.54) is 40.1 Å². The number of aliphatic hydroxyl groups excluding tert-OH is 1. The number of hydrogen-bond donors (Lipinski definition) is 1. The molecule has 2 heterocycles. The number of halogens is 1. The molecule has 0 bridgehead atoms. The number of thioether (sulfide) groups is 1. The minimum Gasteiger partial charge on any atom is -0.507 e. The van der Waals surface area contributed by atoms with E-state index in [9.17, 15) is 19.1 Å². The van der Waals surface area contributed by atoms with Crippen molar-refractivity contribution in [3.05, 3.63) is 142 Å². The normalized spacial score (nSPS) is 15.9. The van der Waals surface area contributed by atoms with Crippen LogP contribution in [0.15, 0.2) is 107 Å². The van der Waals surface area contributed by atoms with Gasteiger partial charge in [-0.15, -0.1) is 10.2 Å². The van der Waals surface area contributed by atoms with E-state index in [0.29, 0.717) is 33.6 Å². The molecule has 0 aliphatic carbocycles. The second kappa shape index (κ2) is 13.1. The highest BCUT2D eigenvalue weighted by atomic mass is 32.2. The molecular weight excluding hydrogens is 610 g/mol. The molecule has 1 saturated heterocycles. The van der Waals surface area contributed by atoms with Gasteiger partial charge in [0.05, 0.1) is 11.6 Å². The van der Waals surface area contributed by atoms with Crippen molar-refractivity contribution < 1.29 is 23.8 Å². The third-order valence-corrected chi connectivity index (χ3v) is 9.63. The maximum Gasteiger partial charge on any atom is 0.301 e. The summed E-state index contributed by atoms with van der Waals surface area (Å²) in [4.78, 5) is 28.4. The number of aliphatic hydroxyl groups is 1. The maximum absolute atomic E-state index is 13.5. The standard InChI is InChI=1S/C35H28FN3O4S2/c1-21-7-11-24(12-8-21)30-29(31(40)25-13-17-28(18-14-25)43-19-26-6-4-3-5-22(26)2)32(41)33(42)39(30)34-37-38-35(45-34)44-20-23-9-15-27(36)16-10-23/h3-18,30,40H,19-20H2,1-2H3/b31-29+. The van der Waals surface area contributed by atoms with Gasteiger partial charge in [0, 0.05) is 11.3 Å². The number of ketones is 1. The van der Waals surface area contributed by atoms with Gasteiger partial charge in [-0.1, -0.05) is 89.3 Å². The predicted molar refractivity (Wildman–Crippen MR) is 174 cm³/mol. The van der Waals surface area contributed by atoms with Crippen molar-refractivity contribution in [1.29, 1.82) is 0 Å². The first kappa shape index (κ1) is 30.2. The summed E-state index contributed by atoms with van der Waals surface area (Å²) in [5, 5.41) is 20.2. The molecule has 1 N–H and O–H groups in total. The molecule has 5 aromatic rings. The van der Waals surface area contributed by atoms with Gasteiger partial charge in [0.2, 0.25) is 5.13 Å². The van der Waals surface area contributed by atoms with Crippen LogP contribution in [0, 0.1) is 19.7 Å². The molecule has 1 amide bonds. The SMILES string of the molecule is Cc1ccc(C2/C(=C(\O)c3ccc(OCc4ccccc4C)cc3)C(=O)C(=O)N2c2nnc(SCc3ccc(F)cc3)s2)cc1. The van der Waals surface area contributed by atoms with Gasteiger partial charge in [-0.25, -0.2) is 4.39 Å². The molecule has 1 aliphatic heterocycles. The quantitative estimate of drug-likeness (QED) is 0.0580. The van der Waals surface area contributed by atoms with Crippen molar-refractivity contribution in [3.63, 3.8) is 0 Å². The Hall–Kier alpha value is -4.80. The summed E-state index contributed by atoms with van der Waals surface area (Å²) in [6.07, 6.45) is 0. The average Bonchev–Trinajstić information content (AvgIpc) is 3.62. The zero-order valence-electron chi connectivity index (χ0n) is 24.4. The predicted octanol–water partition coefficient (Wildman–Crippen LogP) is 7.79. The van der Waals surface area contributed by atoms with E-state index >= 15 is 0 Å². The fourth-order valence-electron chi connectivity index (χ4n) is 4.98. The Morgan fingerprint density at radius 1 is 0.933 bits per heavy atom. The van der Waals surface area contributed by atoms with E-state index < -0.39 is 17.7 Å². The van der Waals surface area contributed by atoms with Gasteiger partial charge in [-0.3, -0.25) is 14.5 Å². The van der Waals surface area contributed by atoms with E-state index in [2.05, 4.69) is 10.2 Å². The van der Waals surface area contributed by atoms with E-state index in [-0.39, 0.29) is 22.3 Å². The zero-order chi connectivity index (χ0) is 31.5. The summed E-state index contributed by atoms with van der Waals surface area (Å²) in [6.45, 7) is 4.36. The van der Waals surface area contributed by atoms with Crippen LogP contribution < -0.4 is 9.64 Å². The fourth-order valence-corrected chi connectivity index (χ4v) is 6.80. The van der Waals surface area contributed by atoms with Gasteiger partial charge < -0.3 is 9.84 Å². The molecule has 6 rings (SSSR count). The van der Waals surface area contributed by atoms with Gasteiger partial charge in [0.1, 0.15) is 23.9 Å². The van der Waals surface area contributed by atoms with Crippen molar-refractivity contribution in [3.8, 4) is 5.75 Å². The molecule has 7 nitrogen and oxygen atoms in total. The van der Waals surface area contributed by atoms with Crippen LogP contribution >= 0.6 is 23.1 Å². The third kappa shape index (κ3) is 6.52. The molecule has 1 aromatic heterocycles. The van der Waals surface area contributed by atoms with E-state index in [0.717, 1.165) is 22.3 Å². The van der Waals surface area contributed by atoms with Crippen molar-refractivity contribution in [2.75, 3.05) is 4.90 Å². The lowest BCUT2D eigenvalue weighted by Gasteiger charge is -2.22. The van der Waals surface area contributed by atoms with Gasteiger partial charge in [-0.05, 0) is 72.5 Å². The monoisotopic (exact) mass is 637 g/mol. The molecule has 226 valence electrons. The lowest BCUT2D eigenvalue weighted by molar-refractivity contribution is -0.132. The number of ether oxygens (including phenoxy) is 1. The van der Waals surface area contributed by atoms with Crippen molar-refractivity contribution in [2.24, 2.45) is 0 Å². The Labute approximate surface area is 268 Å². The lowest BCUT2D eigenvalue weighted by atomic mass is 9.95. The first-order valence-corrected chi connectivity index (χ1v) is 15.9. The van der Waals surface area contributed by atoms with Crippen molar-refractivity contribution in [1.82, 2.24) is 10.2 Å². The molecule has 1 atom stereocenters. The second-order valence-corrected chi connectivity index (χ2v) is 12.8. The minimum atomic E-state index is -0.912. The van der Waals surface area contributed by atoms with Crippen LogP contribution in [-0.2, 0) is 21.9 Å². The molecule has 45 heavy (non-hydrogen) atoms. The number of amides is 1. The number of nitrogens with zero attached hydrogens (tertiary/aromatic N) is 3. The first-order valence-electron chi connectivity index (χ1n) is 14.1. The van der Waals surface area contributed by atoms with Crippen LogP contribution in [0.25, 0.3) is 5.76 Å². The number of rotatable bonds is 9. The largest absolute Gasteiger partial charge is 0.507 e. The lowest BCUT2D eigenvalue weighted by Crippen LogP contribution is -2.29. The van der Waals surface area contributed by atoms with E-state index in [1.807, 2.05) is 62.4 Å². The molecule has 1 fully saturated rings. The molecule has 0 radical (unpaired) electrons.